The third kappa shape index (κ3) is 3.22. The first-order valence-electron chi connectivity index (χ1n) is 10.5. The Morgan fingerprint density at radius 3 is 2.87 bits per heavy atom. The predicted octanol–water partition coefficient (Wildman–Crippen LogP) is 4.07. The van der Waals surface area contributed by atoms with Gasteiger partial charge in [-0.2, -0.15) is 5.10 Å². The number of nitrogens with two attached hydrogens (primary N) is 1. The number of benzene rings is 1. The maximum absolute atomic E-state index is 15.0. The van der Waals surface area contributed by atoms with Crippen LogP contribution >= 0.6 is 11.6 Å². The maximum Gasteiger partial charge on any atom is 0.412 e. The number of amides is 2. The van der Waals surface area contributed by atoms with Crippen molar-refractivity contribution in [3.8, 4) is 0 Å². The van der Waals surface area contributed by atoms with E-state index in [-0.39, 0.29) is 29.1 Å². The van der Waals surface area contributed by atoms with E-state index in [1.807, 2.05) is 0 Å². The fourth-order valence-corrected chi connectivity index (χ4v) is 5.25. The summed E-state index contributed by atoms with van der Waals surface area (Å²) in [6, 6.07) is 3.15. The van der Waals surface area contributed by atoms with Crippen molar-refractivity contribution in [3.63, 3.8) is 0 Å². The molecule has 0 radical (unpaired) electrons. The van der Waals surface area contributed by atoms with Gasteiger partial charge >= 0.3 is 6.09 Å². The number of fused-ring (bicyclic) bond motifs is 2. The molecule has 2 amide bonds. The first-order valence-corrected chi connectivity index (χ1v) is 10.9. The standard InChI is InChI=1S/C21H23ClFN5O3/c22-14-6-7-15-16(17(14)23)21(31-20(30)26-15)8-3-9-27(11-21)19(29)13-10-25-28(18(13)24)12-4-1-2-5-12/h6-7,10,12H,1-5,8-9,11,24H2,(H,26,30)/t21-/m0/s1. The number of halogens is 2. The number of nitrogens with zero attached hydrogens (tertiary/aromatic N) is 3. The zero-order valence-corrected chi connectivity index (χ0v) is 17.6. The van der Waals surface area contributed by atoms with Crippen molar-refractivity contribution in [2.45, 2.75) is 50.2 Å². The summed E-state index contributed by atoms with van der Waals surface area (Å²) < 4.78 is 22.4. The number of carbonyl (C=O) groups is 2. The largest absolute Gasteiger partial charge is 0.436 e. The molecule has 10 heteroatoms. The highest BCUT2D eigenvalue weighted by Crippen LogP contribution is 2.45. The van der Waals surface area contributed by atoms with Crippen LogP contribution in [0, 0.1) is 5.82 Å². The average Bonchev–Trinajstić information content (AvgIpc) is 3.39. The summed E-state index contributed by atoms with van der Waals surface area (Å²) >= 11 is 6.01. The molecule has 8 nitrogen and oxygen atoms in total. The van der Waals surface area contributed by atoms with Gasteiger partial charge in [0.2, 0.25) is 0 Å². The summed E-state index contributed by atoms with van der Waals surface area (Å²) in [5.74, 6) is -0.616. The second-order valence-corrected chi connectivity index (χ2v) is 8.86. The Balaban J connectivity index is 1.47. The monoisotopic (exact) mass is 447 g/mol. The lowest BCUT2D eigenvalue weighted by Gasteiger charge is -2.45. The number of rotatable bonds is 2. The number of nitrogens with one attached hydrogen (secondary N) is 1. The SMILES string of the molecule is Nc1c(C(=O)N2CCC[C@@]3(C2)OC(=O)Nc2ccc(Cl)c(F)c23)cnn1C1CCCC1. The van der Waals surface area contributed by atoms with Crippen molar-refractivity contribution in [1.82, 2.24) is 14.7 Å². The normalized spacial score (nSPS) is 23.5. The molecule has 1 aromatic heterocycles. The van der Waals surface area contributed by atoms with Gasteiger partial charge < -0.3 is 15.4 Å². The number of ether oxygens (including phenoxy) is 1. The van der Waals surface area contributed by atoms with E-state index in [9.17, 15) is 9.59 Å². The molecule has 1 aromatic carbocycles. The molecular formula is C21H23ClFN5O3. The second-order valence-electron chi connectivity index (χ2n) is 8.45. The minimum atomic E-state index is -1.31. The molecule has 1 saturated carbocycles. The van der Waals surface area contributed by atoms with Gasteiger partial charge in [-0.3, -0.25) is 10.1 Å². The van der Waals surface area contributed by atoms with Crippen LogP contribution in [0.1, 0.15) is 60.5 Å². The van der Waals surface area contributed by atoms with Gasteiger partial charge in [0, 0.05) is 6.54 Å². The Kier molecular flexibility index (Phi) is 4.80. The van der Waals surface area contributed by atoms with Gasteiger partial charge in [0.25, 0.3) is 5.91 Å². The van der Waals surface area contributed by atoms with Crippen LogP contribution in [0.3, 0.4) is 0 Å². The molecule has 31 heavy (non-hydrogen) atoms. The molecule has 3 aliphatic rings. The van der Waals surface area contributed by atoms with E-state index in [0.717, 1.165) is 25.7 Å². The number of anilines is 2. The quantitative estimate of drug-likeness (QED) is 0.722. The van der Waals surface area contributed by atoms with Crippen molar-refractivity contribution in [2.24, 2.45) is 0 Å². The lowest BCUT2D eigenvalue weighted by atomic mass is 9.83. The summed E-state index contributed by atoms with van der Waals surface area (Å²) in [5.41, 5.74) is 5.77. The number of hydrogen-bond acceptors (Lipinski definition) is 5. The summed E-state index contributed by atoms with van der Waals surface area (Å²) in [4.78, 5) is 27.1. The average molecular weight is 448 g/mol. The topological polar surface area (TPSA) is 102 Å². The van der Waals surface area contributed by atoms with E-state index < -0.39 is 17.5 Å². The van der Waals surface area contributed by atoms with Crippen molar-refractivity contribution >= 4 is 35.1 Å². The molecule has 164 valence electrons. The molecule has 3 heterocycles. The van der Waals surface area contributed by atoms with E-state index in [1.165, 1.54) is 12.3 Å². The summed E-state index contributed by atoms with van der Waals surface area (Å²) in [6.07, 6.45) is 5.95. The minimum absolute atomic E-state index is 0.0115. The number of likely N-dealkylation sites (tertiary alicyclic amines) is 1. The Hall–Kier alpha value is -2.81. The van der Waals surface area contributed by atoms with Crippen molar-refractivity contribution in [2.75, 3.05) is 24.1 Å². The van der Waals surface area contributed by atoms with Gasteiger partial charge in [0.1, 0.15) is 11.4 Å². The molecule has 1 spiro atoms. The minimum Gasteiger partial charge on any atom is -0.436 e. The molecule has 5 rings (SSSR count). The highest BCUT2D eigenvalue weighted by molar-refractivity contribution is 6.31. The Morgan fingerprint density at radius 2 is 2.10 bits per heavy atom. The van der Waals surface area contributed by atoms with Crippen LogP contribution in [0.5, 0.6) is 0 Å². The third-order valence-electron chi connectivity index (χ3n) is 6.55. The third-order valence-corrected chi connectivity index (χ3v) is 6.84. The zero-order valence-electron chi connectivity index (χ0n) is 16.9. The summed E-state index contributed by atoms with van der Waals surface area (Å²) in [7, 11) is 0. The molecule has 0 unspecified atom stereocenters. The van der Waals surface area contributed by atoms with Crippen molar-refractivity contribution in [3.05, 3.63) is 40.3 Å². The van der Waals surface area contributed by atoms with Crippen LogP contribution in [0.4, 0.5) is 20.7 Å². The predicted molar refractivity (Wildman–Crippen MR) is 112 cm³/mol. The number of piperidine rings is 1. The number of aromatic nitrogens is 2. The molecule has 1 saturated heterocycles. The van der Waals surface area contributed by atoms with Gasteiger partial charge in [-0.15, -0.1) is 0 Å². The van der Waals surface area contributed by atoms with Crippen LogP contribution in [-0.4, -0.2) is 39.8 Å². The lowest BCUT2D eigenvalue weighted by molar-refractivity contribution is -0.0418. The molecular weight excluding hydrogens is 425 g/mol. The molecule has 1 aliphatic carbocycles. The van der Waals surface area contributed by atoms with Crippen molar-refractivity contribution in [1.29, 1.82) is 0 Å². The first kappa shape index (κ1) is 20.1. The smallest absolute Gasteiger partial charge is 0.412 e. The number of carbonyl (C=O) groups excluding carboxylic acids is 2. The van der Waals surface area contributed by atoms with Gasteiger partial charge in [0.05, 0.1) is 35.1 Å². The molecule has 3 N–H and O–H groups in total. The van der Waals surface area contributed by atoms with Crippen LogP contribution in [0.25, 0.3) is 0 Å². The van der Waals surface area contributed by atoms with Crippen molar-refractivity contribution < 1.29 is 18.7 Å². The second kappa shape index (κ2) is 7.40. The van der Waals surface area contributed by atoms with Crippen LogP contribution in [0.15, 0.2) is 18.3 Å². The van der Waals surface area contributed by atoms with Gasteiger partial charge in [0.15, 0.2) is 11.4 Å². The lowest BCUT2D eigenvalue weighted by Crippen LogP contribution is -2.53. The molecule has 2 fully saturated rings. The molecule has 1 atom stereocenters. The van der Waals surface area contributed by atoms with E-state index in [4.69, 9.17) is 22.1 Å². The maximum atomic E-state index is 15.0. The highest BCUT2D eigenvalue weighted by atomic mass is 35.5. The van der Waals surface area contributed by atoms with E-state index in [1.54, 1.807) is 15.6 Å². The van der Waals surface area contributed by atoms with E-state index >= 15 is 4.39 Å². The number of hydrogen-bond donors (Lipinski definition) is 2. The number of nitrogen functional groups attached to an aromatic ring is 1. The van der Waals surface area contributed by atoms with E-state index in [2.05, 4.69) is 10.4 Å². The fourth-order valence-electron chi connectivity index (χ4n) is 5.09. The zero-order chi connectivity index (χ0) is 21.8. The Morgan fingerprint density at radius 1 is 1.32 bits per heavy atom. The fraction of sp³-hybridized carbons (Fsp3) is 0.476. The molecule has 0 bridgehead atoms. The summed E-state index contributed by atoms with van der Waals surface area (Å²) in [6.45, 7) is 0.453. The van der Waals surface area contributed by atoms with Gasteiger partial charge in [-0.1, -0.05) is 24.4 Å². The first-order chi connectivity index (χ1) is 14.9. The van der Waals surface area contributed by atoms with Gasteiger partial charge in [-0.05, 0) is 37.8 Å². The highest BCUT2D eigenvalue weighted by Gasteiger charge is 2.49. The van der Waals surface area contributed by atoms with Crippen LogP contribution < -0.4 is 11.1 Å². The van der Waals surface area contributed by atoms with Crippen LogP contribution in [0.2, 0.25) is 5.02 Å². The van der Waals surface area contributed by atoms with Gasteiger partial charge in [-0.25, -0.2) is 13.9 Å². The van der Waals surface area contributed by atoms with Crippen LogP contribution in [-0.2, 0) is 10.3 Å². The molecule has 2 aliphatic heterocycles. The molecule has 2 aromatic rings. The summed E-state index contributed by atoms with van der Waals surface area (Å²) in [5, 5.41) is 6.82. The Labute approximate surface area is 183 Å². The van der Waals surface area contributed by atoms with E-state index in [0.29, 0.717) is 36.5 Å². The Bertz CT molecular complexity index is 1070.